The van der Waals surface area contributed by atoms with Crippen LogP contribution in [-0.4, -0.2) is 65.7 Å². The van der Waals surface area contributed by atoms with Crippen molar-refractivity contribution in [1.29, 1.82) is 0 Å². The van der Waals surface area contributed by atoms with E-state index in [0.29, 0.717) is 41.1 Å². The summed E-state index contributed by atoms with van der Waals surface area (Å²) in [5.41, 5.74) is 4.57. The highest BCUT2D eigenvalue weighted by Gasteiger charge is 2.35. The van der Waals surface area contributed by atoms with E-state index >= 15 is 0 Å². The van der Waals surface area contributed by atoms with Gasteiger partial charge in [-0.2, -0.15) is 0 Å². The molecule has 0 saturated carbocycles. The first kappa shape index (κ1) is 24.7. The number of methoxy groups -OCH3 is 1. The fourth-order valence-electron chi connectivity index (χ4n) is 5.12. The van der Waals surface area contributed by atoms with Crippen LogP contribution in [0.5, 0.6) is 5.75 Å². The number of ether oxygens (including phenoxy) is 1. The molecule has 3 aromatic rings. The number of aryl methyl sites for hydroxylation is 1. The largest absolute Gasteiger partial charge is 0.496 e. The summed E-state index contributed by atoms with van der Waals surface area (Å²) < 4.78 is 5.51. The van der Waals surface area contributed by atoms with Crippen LogP contribution in [0.1, 0.15) is 54.2 Å². The third-order valence-electron chi connectivity index (χ3n) is 7.24. The molecule has 0 aromatic heterocycles. The van der Waals surface area contributed by atoms with Crippen molar-refractivity contribution >= 4 is 17.7 Å². The summed E-state index contributed by atoms with van der Waals surface area (Å²) in [4.78, 5) is 44.8. The molecule has 1 fully saturated rings. The number of fused-ring (bicyclic) bond motifs is 1. The maximum Gasteiger partial charge on any atom is 0.261 e. The zero-order valence-corrected chi connectivity index (χ0v) is 21.3. The average Bonchev–Trinajstić information content (AvgIpc) is 3.06. The molecule has 0 N–H and O–H groups in total. The van der Waals surface area contributed by atoms with Crippen LogP contribution >= 0.6 is 0 Å². The predicted molar refractivity (Wildman–Crippen MR) is 141 cm³/mol. The SMILES string of the molecule is COc1ccc(CN2C(=O)c3ccccc3C2=O)cc1C(=O)N1CCCN(Cc2ccccc2C)CC1. The molecule has 190 valence electrons. The highest BCUT2D eigenvalue weighted by atomic mass is 16.5. The molecule has 0 unspecified atom stereocenters. The number of hydrogen-bond donors (Lipinski definition) is 0. The molecule has 0 bridgehead atoms. The van der Waals surface area contributed by atoms with Gasteiger partial charge in [-0.25, -0.2) is 0 Å². The number of carbonyl (C=O) groups is 3. The fraction of sp³-hybridized carbons (Fsp3) is 0.300. The van der Waals surface area contributed by atoms with Crippen LogP contribution in [0.2, 0.25) is 0 Å². The van der Waals surface area contributed by atoms with E-state index in [1.54, 1.807) is 49.6 Å². The van der Waals surface area contributed by atoms with Gasteiger partial charge < -0.3 is 9.64 Å². The zero-order chi connectivity index (χ0) is 25.9. The minimum absolute atomic E-state index is 0.0980. The van der Waals surface area contributed by atoms with Crippen LogP contribution in [0.15, 0.2) is 66.7 Å². The highest BCUT2D eigenvalue weighted by molar-refractivity contribution is 6.21. The molecule has 0 spiro atoms. The van der Waals surface area contributed by atoms with Gasteiger partial charge in [-0.3, -0.25) is 24.2 Å². The van der Waals surface area contributed by atoms with E-state index < -0.39 is 0 Å². The summed E-state index contributed by atoms with van der Waals surface area (Å²) in [6.07, 6.45) is 0.884. The number of imide groups is 1. The third-order valence-corrected chi connectivity index (χ3v) is 7.24. The lowest BCUT2D eigenvalue weighted by Gasteiger charge is -2.24. The van der Waals surface area contributed by atoms with E-state index in [0.717, 1.165) is 26.1 Å². The summed E-state index contributed by atoms with van der Waals surface area (Å²) >= 11 is 0. The Morgan fingerprint density at radius 2 is 1.54 bits per heavy atom. The van der Waals surface area contributed by atoms with Crippen molar-refractivity contribution in [1.82, 2.24) is 14.7 Å². The Hall–Kier alpha value is -3.97. The summed E-state index contributed by atoms with van der Waals surface area (Å²) in [6.45, 7) is 6.09. The van der Waals surface area contributed by atoms with Crippen molar-refractivity contribution < 1.29 is 19.1 Å². The molecule has 2 heterocycles. The lowest BCUT2D eigenvalue weighted by Crippen LogP contribution is -2.35. The van der Waals surface area contributed by atoms with Gasteiger partial charge in [0.05, 0.1) is 30.3 Å². The van der Waals surface area contributed by atoms with E-state index in [1.807, 2.05) is 4.90 Å². The fourth-order valence-corrected chi connectivity index (χ4v) is 5.12. The van der Waals surface area contributed by atoms with Gasteiger partial charge in [-0.15, -0.1) is 0 Å². The highest BCUT2D eigenvalue weighted by Crippen LogP contribution is 2.27. The summed E-state index contributed by atoms with van der Waals surface area (Å²) in [5.74, 6) is -0.243. The minimum atomic E-state index is -0.314. The van der Waals surface area contributed by atoms with Gasteiger partial charge in [-0.1, -0.05) is 42.5 Å². The first-order valence-corrected chi connectivity index (χ1v) is 12.6. The molecule has 7 heteroatoms. The molecule has 3 aromatic carbocycles. The molecule has 37 heavy (non-hydrogen) atoms. The van der Waals surface area contributed by atoms with Crippen LogP contribution < -0.4 is 4.74 Å². The van der Waals surface area contributed by atoms with Crippen molar-refractivity contribution in [3.05, 3.63) is 100 Å². The van der Waals surface area contributed by atoms with Gasteiger partial charge in [0.1, 0.15) is 5.75 Å². The number of hydrogen-bond acceptors (Lipinski definition) is 5. The molecular weight excluding hydrogens is 466 g/mol. The molecule has 5 rings (SSSR count). The van der Waals surface area contributed by atoms with Gasteiger partial charge in [0.15, 0.2) is 0 Å². The maximum absolute atomic E-state index is 13.6. The summed E-state index contributed by atoms with van der Waals surface area (Å²) in [7, 11) is 1.54. The molecule has 0 atom stereocenters. The number of carbonyl (C=O) groups excluding carboxylic acids is 3. The second-order valence-corrected chi connectivity index (χ2v) is 9.63. The van der Waals surface area contributed by atoms with Gasteiger partial charge in [-0.05, 0) is 54.3 Å². The second kappa shape index (κ2) is 10.6. The first-order valence-electron chi connectivity index (χ1n) is 12.6. The van der Waals surface area contributed by atoms with Crippen LogP contribution in [0.3, 0.4) is 0 Å². The Kier molecular flexibility index (Phi) is 7.06. The summed E-state index contributed by atoms with van der Waals surface area (Å²) in [6, 6.07) is 20.5. The number of amides is 3. The standard InChI is InChI=1S/C30H31N3O4/c1-21-8-3-4-9-23(21)20-31-14-7-15-32(17-16-31)28(34)26-18-22(12-13-27(26)37-2)19-33-29(35)24-10-5-6-11-25(24)30(33)36/h3-6,8-13,18H,7,14-17,19-20H2,1-2H3. The van der Waals surface area contributed by atoms with Crippen molar-refractivity contribution in [3.63, 3.8) is 0 Å². The maximum atomic E-state index is 13.6. The van der Waals surface area contributed by atoms with Gasteiger partial charge in [0.2, 0.25) is 0 Å². The second-order valence-electron chi connectivity index (χ2n) is 9.63. The topological polar surface area (TPSA) is 70.2 Å². The van der Waals surface area contributed by atoms with Gasteiger partial charge in [0, 0.05) is 32.7 Å². The molecule has 2 aliphatic rings. The molecule has 3 amide bonds. The van der Waals surface area contributed by atoms with E-state index in [4.69, 9.17) is 4.74 Å². The predicted octanol–water partition coefficient (Wildman–Crippen LogP) is 4.15. The lowest BCUT2D eigenvalue weighted by molar-refractivity contribution is 0.0642. The quantitative estimate of drug-likeness (QED) is 0.479. The average molecular weight is 498 g/mol. The molecular formula is C30H31N3O4. The monoisotopic (exact) mass is 497 g/mol. The van der Waals surface area contributed by atoms with E-state index in [9.17, 15) is 14.4 Å². The Labute approximate surface area is 217 Å². The van der Waals surface area contributed by atoms with Crippen LogP contribution in [-0.2, 0) is 13.1 Å². The van der Waals surface area contributed by atoms with Crippen molar-refractivity contribution in [3.8, 4) is 5.75 Å². The number of nitrogens with zero attached hydrogens (tertiary/aromatic N) is 3. The van der Waals surface area contributed by atoms with Crippen molar-refractivity contribution in [2.75, 3.05) is 33.3 Å². The minimum Gasteiger partial charge on any atom is -0.496 e. The lowest BCUT2D eigenvalue weighted by atomic mass is 10.1. The molecule has 7 nitrogen and oxygen atoms in total. The Balaban J connectivity index is 1.30. The molecule has 1 saturated heterocycles. The Morgan fingerprint density at radius 3 is 2.24 bits per heavy atom. The number of rotatable bonds is 6. The molecule has 0 radical (unpaired) electrons. The first-order chi connectivity index (χ1) is 18.0. The smallest absolute Gasteiger partial charge is 0.261 e. The third kappa shape index (κ3) is 5.00. The van der Waals surface area contributed by atoms with Crippen LogP contribution in [0, 0.1) is 6.92 Å². The normalized spacial score (nSPS) is 16.1. The van der Waals surface area contributed by atoms with E-state index in [2.05, 4.69) is 36.1 Å². The summed E-state index contributed by atoms with van der Waals surface area (Å²) in [5, 5.41) is 0. The van der Waals surface area contributed by atoms with Crippen molar-refractivity contribution in [2.24, 2.45) is 0 Å². The van der Waals surface area contributed by atoms with E-state index in [1.165, 1.54) is 16.0 Å². The Morgan fingerprint density at radius 1 is 0.838 bits per heavy atom. The van der Waals surface area contributed by atoms with Crippen LogP contribution in [0.25, 0.3) is 0 Å². The van der Waals surface area contributed by atoms with Crippen molar-refractivity contribution in [2.45, 2.75) is 26.4 Å². The number of benzene rings is 3. The van der Waals surface area contributed by atoms with Crippen LogP contribution in [0.4, 0.5) is 0 Å². The molecule has 2 aliphatic heterocycles. The van der Waals surface area contributed by atoms with Gasteiger partial charge >= 0.3 is 0 Å². The van der Waals surface area contributed by atoms with E-state index in [-0.39, 0.29) is 24.3 Å². The Bertz CT molecular complexity index is 1320. The molecule has 0 aliphatic carbocycles. The zero-order valence-electron chi connectivity index (χ0n) is 21.3. The van der Waals surface area contributed by atoms with Gasteiger partial charge in [0.25, 0.3) is 17.7 Å².